The van der Waals surface area contributed by atoms with Crippen LogP contribution in [0.15, 0.2) is 0 Å². The van der Waals surface area contributed by atoms with Gasteiger partial charge < -0.3 is 10.2 Å². The molecule has 0 aromatic heterocycles. The van der Waals surface area contributed by atoms with Crippen molar-refractivity contribution in [3.8, 4) is 0 Å². The smallest absolute Gasteiger partial charge is 0.0166 e. The number of hydrogen-bond acceptors (Lipinski definition) is 2. The second kappa shape index (κ2) is 5.31. The van der Waals surface area contributed by atoms with Gasteiger partial charge in [-0.3, -0.25) is 0 Å². The minimum atomic E-state index is 0.435. The van der Waals surface area contributed by atoms with Crippen molar-refractivity contribution in [2.45, 2.75) is 47.1 Å². The number of rotatable bonds is 3. The van der Waals surface area contributed by atoms with Crippen molar-refractivity contribution >= 4 is 0 Å². The molecule has 1 unspecified atom stereocenters. The molecule has 0 aliphatic carbocycles. The maximum absolute atomic E-state index is 3.55. The minimum Gasteiger partial charge on any atom is -0.313 e. The van der Waals surface area contributed by atoms with E-state index in [1.807, 2.05) is 0 Å². The van der Waals surface area contributed by atoms with E-state index in [1.54, 1.807) is 0 Å². The van der Waals surface area contributed by atoms with Crippen LogP contribution < -0.4 is 5.32 Å². The van der Waals surface area contributed by atoms with Crippen molar-refractivity contribution in [2.75, 3.05) is 26.2 Å². The summed E-state index contributed by atoms with van der Waals surface area (Å²) in [5.41, 5.74) is 0.435. The van der Waals surface area contributed by atoms with Gasteiger partial charge in [-0.05, 0) is 37.8 Å². The molecule has 0 spiro atoms. The van der Waals surface area contributed by atoms with Gasteiger partial charge in [-0.15, -0.1) is 0 Å². The zero-order chi connectivity index (χ0) is 11.5. The number of hydrogen-bond donors (Lipinski definition) is 1. The van der Waals surface area contributed by atoms with Crippen LogP contribution in [0.5, 0.6) is 0 Å². The Balaban J connectivity index is 2.48. The summed E-state index contributed by atoms with van der Waals surface area (Å²) in [5.74, 6) is 0.754. The van der Waals surface area contributed by atoms with E-state index in [0.717, 1.165) is 5.92 Å². The van der Waals surface area contributed by atoms with Gasteiger partial charge in [-0.25, -0.2) is 0 Å². The van der Waals surface area contributed by atoms with Crippen LogP contribution in [0.2, 0.25) is 0 Å². The third kappa shape index (κ3) is 4.12. The molecule has 1 N–H and O–H groups in total. The van der Waals surface area contributed by atoms with Crippen molar-refractivity contribution < 1.29 is 0 Å². The number of nitrogens with one attached hydrogen (secondary N) is 1. The highest BCUT2D eigenvalue weighted by Gasteiger charge is 2.26. The van der Waals surface area contributed by atoms with E-state index in [0.29, 0.717) is 11.5 Å². The summed E-state index contributed by atoms with van der Waals surface area (Å²) in [6.07, 6.45) is 1.29. The summed E-state index contributed by atoms with van der Waals surface area (Å²) in [4.78, 5) is 2.63. The predicted molar refractivity (Wildman–Crippen MR) is 67.1 cm³/mol. The van der Waals surface area contributed by atoms with Gasteiger partial charge >= 0.3 is 0 Å². The average Bonchev–Trinajstić information content (AvgIpc) is 2.28. The zero-order valence-corrected chi connectivity index (χ0v) is 11.1. The van der Waals surface area contributed by atoms with E-state index in [1.165, 1.54) is 32.6 Å². The lowest BCUT2D eigenvalue weighted by Crippen LogP contribution is -2.41. The Hall–Kier alpha value is -0.0800. The van der Waals surface area contributed by atoms with Crippen LogP contribution in [0.25, 0.3) is 0 Å². The van der Waals surface area contributed by atoms with Gasteiger partial charge in [-0.1, -0.05) is 27.7 Å². The number of nitrogens with zero attached hydrogens (tertiary/aromatic N) is 1. The molecule has 15 heavy (non-hydrogen) atoms. The fourth-order valence-electron chi connectivity index (χ4n) is 2.10. The van der Waals surface area contributed by atoms with Crippen molar-refractivity contribution in [1.29, 1.82) is 0 Å². The molecule has 1 fully saturated rings. The fraction of sp³-hybridized carbons (Fsp3) is 1.00. The molecule has 0 aromatic rings. The lowest BCUT2D eigenvalue weighted by molar-refractivity contribution is 0.134. The summed E-state index contributed by atoms with van der Waals surface area (Å²) in [7, 11) is 0. The summed E-state index contributed by atoms with van der Waals surface area (Å²) < 4.78 is 0. The molecule has 1 rings (SSSR count). The Morgan fingerprint density at radius 3 is 2.67 bits per heavy atom. The molecule has 1 aliphatic rings. The van der Waals surface area contributed by atoms with Crippen LogP contribution in [0.4, 0.5) is 0 Å². The van der Waals surface area contributed by atoms with Crippen LogP contribution in [0.1, 0.15) is 41.0 Å². The Kier molecular flexibility index (Phi) is 4.60. The van der Waals surface area contributed by atoms with Gasteiger partial charge in [0, 0.05) is 19.1 Å². The average molecular weight is 212 g/mol. The molecule has 1 aliphatic heterocycles. The molecule has 1 atom stereocenters. The topological polar surface area (TPSA) is 15.3 Å². The molecule has 2 heteroatoms. The molecule has 1 saturated heterocycles. The largest absolute Gasteiger partial charge is 0.313 e. The maximum atomic E-state index is 3.55. The van der Waals surface area contributed by atoms with Gasteiger partial charge in [0.15, 0.2) is 0 Å². The zero-order valence-electron chi connectivity index (χ0n) is 11.1. The SMILES string of the molecule is CC1CN(CC(C)(C)C(C)C)CCCN1. The lowest BCUT2D eigenvalue weighted by Gasteiger charge is -2.35. The van der Waals surface area contributed by atoms with Gasteiger partial charge in [-0.2, -0.15) is 0 Å². The van der Waals surface area contributed by atoms with Crippen LogP contribution in [-0.4, -0.2) is 37.1 Å². The highest BCUT2D eigenvalue weighted by molar-refractivity contribution is 4.80. The molecule has 0 radical (unpaired) electrons. The fourth-order valence-corrected chi connectivity index (χ4v) is 2.10. The molecule has 2 nitrogen and oxygen atoms in total. The van der Waals surface area contributed by atoms with E-state index in [2.05, 4.69) is 44.8 Å². The van der Waals surface area contributed by atoms with Crippen LogP contribution >= 0.6 is 0 Å². The van der Waals surface area contributed by atoms with E-state index < -0.39 is 0 Å². The molecular weight excluding hydrogens is 184 g/mol. The van der Waals surface area contributed by atoms with Gasteiger partial charge in [0.2, 0.25) is 0 Å². The molecule has 90 valence electrons. The van der Waals surface area contributed by atoms with E-state index in [9.17, 15) is 0 Å². The first-order chi connectivity index (χ1) is 6.92. The van der Waals surface area contributed by atoms with Gasteiger partial charge in [0.1, 0.15) is 0 Å². The van der Waals surface area contributed by atoms with Crippen molar-refractivity contribution in [1.82, 2.24) is 10.2 Å². The quantitative estimate of drug-likeness (QED) is 0.772. The van der Waals surface area contributed by atoms with Crippen LogP contribution in [0, 0.1) is 11.3 Å². The molecule has 0 saturated carbocycles. The highest BCUT2D eigenvalue weighted by atomic mass is 15.2. The Morgan fingerprint density at radius 1 is 1.40 bits per heavy atom. The Bertz CT molecular complexity index is 187. The molecule has 0 bridgehead atoms. The highest BCUT2D eigenvalue weighted by Crippen LogP contribution is 2.27. The summed E-state index contributed by atoms with van der Waals surface area (Å²) in [5, 5.41) is 3.55. The minimum absolute atomic E-state index is 0.435. The lowest BCUT2D eigenvalue weighted by atomic mass is 9.80. The van der Waals surface area contributed by atoms with Crippen LogP contribution in [0.3, 0.4) is 0 Å². The monoisotopic (exact) mass is 212 g/mol. The molecule has 0 amide bonds. The first-order valence-corrected chi connectivity index (χ1v) is 6.37. The van der Waals surface area contributed by atoms with E-state index in [4.69, 9.17) is 0 Å². The summed E-state index contributed by atoms with van der Waals surface area (Å²) >= 11 is 0. The third-order valence-electron chi connectivity index (χ3n) is 3.87. The molecule has 1 heterocycles. The first kappa shape index (κ1) is 13.0. The summed E-state index contributed by atoms with van der Waals surface area (Å²) in [6, 6.07) is 0.649. The molecule has 0 aromatic carbocycles. The van der Waals surface area contributed by atoms with Crippen molar-refractivity contribution in [3.05, 3.63) is 0 Å². The van der Waals surface area contributed by atoms with E-state index in [-0.39, 0.29) is 0 Å². The standard InChI is InChI=1S/C13H28N2/c1-11(2)13(4,5)10-15-8-6-7-14-12(3)9-15/h11-12,14H,6-10H2,1-5H3. The maximum Gasteiger partial charge on any atom is 0.0166 e. The summed E-state index contributed by atoms with van der Waals surface area (Å²) in [6.45, 7) is 16.6. The first-order valence-electron chi connectivity index (χ1n) is 6.37. The van der Waals surface area contributed by atoms with E-state index >= 15 is 0 Å². The van der Waals surface area contributed by atoms with Crippen LogP contribution in [-0.2, 0) is 0 Å². The normalized spacial score (nSPS) is 25.6. The Morgan fingerprint density at radius 2 is 2.07 bits per heavy atom. The van der Waals surface area contributed by atoms with Crippen molar-refractivity contribution in [2.24, 2.45) is 11.3 Å². The van der Waals surface area contributed by atoms with Gasteiger partial charge in [0.05, 0.1) is 0 Å². The second-order valence-corrected chi connectivity index (χ2v) is 6.09. The molecular formula is C13H28N2. The van der Waals surface area contributed by atoms with Crippen molar-refractivity contribution in [3.63, 3.8) is 0 Å². The second-order valence-electron chi connectivity index (χ2n) is 6.09. The predicted octanol–water partition coefficient (Wildman–Crippen LogP) is 2.35. The Labute approximate surface area is 95.4 Å². The third-order valence-corrected chi connectivity index (χ3v) is 3.87. The van der Waals surface area contributed by atoms with Gasteiger partial charge in [0.25, 0.3) is 0 Å².